The van der Waals surface area contributed by atoms with Crippen molar-refractivity contribution in [2.75, 3.05) is 16.8 Å². The van der Waals surface area contributed by atoms with Gasteiger partial charge in [0.25, 0.3) is 5.56 Å². The van der Waals surface area contributed by atoms with E-state index in [-0.39, 0.29) is 5.56 Å². The van der Waals surface area contributed by atoms with Gasteiger partial charge in [-0.05, 0) is 35.4 Å². The van der Waals surface area contributed by atoms with Crippen molar-refractivity contribution in [1.82, 2.24) is 9.97 Å². The molecule has 1 fully saturated rings. The van der Waals surface area contributed by atoms with Gasteiger partial charge in [0.05, 0.1) is 6.33 Å². The largest absolute Gasteiger partial charge is 0.352 e. The van der Waals surface area contributed by atoms with Crippen LogP contribution in [0.3, 0.4) is 0 Å². The summed E-state index contributed by atoms with van der Waals surface area (Å²) in [4.78, 5) is 21.0. The van der Waals surface area contributed by atoms with Gasteiger partial charge < -0.3 is 9.88 Å². The van der Waals surface area contributed by atoms with Crippen LogP contribution in [-0.2, 0) is 0 Å². The van der Waals surface area contributed by atoms with Gasteiger partial charge in [0.1, 0.15) is 9.39 Å². The van der Waals surface area contributed by atoms with Crippen LogP contribution in [0.15, 0.2) is 11.1 Å². The molecule has 4 nitrogen and oxygen atoms in total. The molecule has 1 aliphatic rings. The summed E-state index contributed by atoms with van der Waals surface area (Å²) >= 11 is 5.59. The molecule has 0 saturated heterocycles. The van der Waals surface area contributed by atoms with Crippen LogP contribution < -0.4 is 10.5 Å². The van der Waals surface area contributed by atoms with Crippen LogP contribution in [0.5, 0.6) is 0 Å². The van der Waals surface area contributed by atoms with E-state index < -0.39 is 0 Å². The monoisotopic (exact) mass is 425 g/mol. The molecule has 0 amide bonds. The number of nitrogens with zero attached hydrogens (tertiary/aromatic N) is 2. The van der Waals surface area contributed by atoms with Gasteiger partial charge in [0, 0.05) is 17.9 Å². The third kappa shape index (κ3) is 3.26. The second kappa shape index (κ2) is 6.88. The molecule has 100 valence electrons. The highest BCUT2D eigenvalue weighted by Gasteiger charge is 2.24. The molecule has 2 rings (SSSR count). The summed E-state index contributed by atoms with van der Waals surface area (Å²) < 4.78 is 0.696. The molecule has 0 unspecified atom stereocenters. The molecule has 1 heterocycles. The number of alkyl halides is 1. The topological polar surface area (TPSA) is 49.0 Å². The first kappa shape index (κ1) is 14.3. The number of aromatic amines is 1. The highest BCUT2D eigenvalue weighted by atomic mass is 127. The molecule has 1 N–H and O–H groups in total. The second-order valence-corrected chi connectivity index (χ2v) is 6.42. The van der Waals surface area contributed by atoms with Gasteiger partial charge in [-0.25, -0.2) is 4.98 Å². The minimum Gasteiger partial charge on any atom is -0.352 e. The number of aromatic nitrogens is 2. The van der Waals surface area contributed by atoms with Gasteiger partial charge in [0.2, 0.25) is 0 Å². The molecule has 6 heteroatoms. The predicted octanol–water partition coefficient (Wildman–Crippen LogP) is 2.91. The molecule has 1 aromatic heterocycles. The summed E-state index contributed by atoms with van der Waals surface area (Å²) in [6.07, 6.45) is 7.81. The van der Waals surface area contributed by atoms with Crippen LogP contribution in [0.25, 0.3) is 0 Å². The quantitative estimate of drug-likeness (QED) is 0.596. The van der Waals surface area contributed by atoms with Gasteiger partial charge >= 0.3 is 0 Å². The summed E-state index contributed by atoms with van der Waals surface area (Å²) in [7, 11) is 0. The van der Waals surface area contributed by atoms with E-state index in [0.717, 1.165) is 17.7 Å². The minimum atomic E-state index is -0.0454. The van der Waals surface area contributed by atoms with Crippen LogP contribution in [0.2, 0.25) is 0 Å². The maximum Gasteiger partial charge on any atom is 0.266 e. The maximum atomic E-state index is 11.7. The van der Waals surface area contributed by atoms with Gasteiger partial charge in [-0.1, -0.05) is 35.2 Å². The Morgan fingerprint density at radius 2 is 2.17 bits per heavy atom. The van der Waals surface area contributed by atoms with E-state index >= 15 is 0 Å². The standard InChI is InChI=1S/C12H17BrIN3O/c13-6-7-17(9-4-2-1-3-5-9)11-10(14)12(18)16-8-15-11/h8-9H,1-7H2,(H,15,16,18). The van der Waals surface area contributed by atoms with Crippen molar-refractivity contribution in [2.24, 2.45) is 0 Å². The fourth-order valence-electron chi connectivity index (χ4n) is 2.52. The van der Waals surface area contributed by atoms with Crippen LogP contribution in [0.1, 0.15) is 32.1 Å². The fourth-order valence-corrected chi connectivity index (χ4v) is 3.51. The lowest BCUT2D eigenvalue weighted by Crippen LogP contribution is -2.40. The summed E-state index contributed by atoms with van der Waals surface area (Å²) in [5.41, 5.74) is -0.0454. The molecule has 0 spiro atoms. The Labute approximate surface area is 129 Å². The lowest BCUT2D eigenvalue weighted by Gasteiger charge is -2.35. The van der Waals surface area contributed by atoms with Gasteiger partial charge in [-0.2, -0.15) is 0 Å². The first-order valence-corrected chi connectivity index (χ1v) is 8.50. The lowest BCUT2D eigenvalue weighted by atomic mass is 9.94. The second-order valence-electron chi connectivity index (χ2n) is 4.54. The Bertz CT molecular complexity index is 445. The molecule has 1 saturated carbocycles. The molecule has 1 aliphatic carbocycles. The van der Waals surface area contributed by atoms with Crippen LogP contribution >= 0.6 is 38.5 Å². The third-order valence-electron chi connectivity index (χ3n) is 3.39. The third-order valence-corrected chi connectivity index (χ3v) is 4.72. The molecular weight excluding hydrogens is 409 g/mol. The van der Waals surface area contributed by atoms with Gasteiger partial charge in [-0.15, -0.1) is 0 Å². The summed E-state index contributed by atoms with van der Waals surface area (Å²) in [5.74, 6) is 0.839. The van der Waals surface area contributed by atoms with Crippen molar-refractivity contribution in [3.8, 4) is 0 Å². The number of H-pyrrole nitrogens is 1. The zero-order chi connectivity index (χ0) is 13.0. The Kier molecular flexibility index (Phi) is 5.47. The van der Waals surface area contributed by atoms with Crippen molar-refractivity contribution in [3.05, 3.63) is 20.3 Å². The normalized spacial score (nSPS) is 16.8. The lowest BCUT2D eigenvalue weighted by molar-refractivity contribution is 0.416. The van der Waals surface area contributed by atoms with E-state index in [4.69, 9.17) is 0 Å². The van der Waals surface area contributed by atoms with Crippen LogP contribution in [0, 0.1) is 3.57 Å². The van der Waals surface area contributed by atoms with E-state index in [1.54, 1.807) is 0 Å². The molecule has 1 aromatic rings. The first-order valence-electron chi connectivity index (χ1n) is 6.30. The van der Waals surface area contributed by atoms with Gasteiger partial charge in [-0.3, -0.25) is 4.79 Å². The average Bonchev–Trinajstić information content (AvgIpc) is 2.41. The Hall–Kier alpha value is -0.110. The number of nitrogens with one attached hydrogen (secondary N) is 1. The van der Waals surface area contributed by atoms with E-state index in [0.29, 0.717) is 9.61 Å². The maximum absolute atomic E-state index is 11.7. The fraction of sp³-hybridized carbons (Fsp3) is 0.667. The zero-order valence-electron chi connectivity index (χ0n) is 10.2. The number of halogens is 2. The van der Waals surface area contributed by atoms with Gasteiger partial charge in [0.15, 0.2) is 0 Å². The van der Waals surface area contributed by atoms with E-state index in [1.165, 1.54) is 38.4 Å². The molecule has 0 atom stereocenters. The summed E-state index contributed by atoms with van der Waals surface area (Å²) in [6, 6.07) is 0.527. The van der Waals surface area contributed by atoms with Crippen molar-refractivity contribution < 1.29 is 0 Å². The first-order chi connectivity index (χ1) is 8.74. The Balaban J connectivity index is 2.28. The Morgan fingerprint density at radius 3 is 2.83 bits per heavy atom. The summed E-state index contributed by atoms with van der Waals surface area (Å²) in [6.45, 7) is 0.900. The molecule has 0 radical (unpaired) electrons. The molecular formula is C12H17BrIN3O. The van der Waals surface area contributed by atoms with E-state index in [2.05, 4.69) is 53.4 Å². The molecule has 0 aromatic carbocycles. The summed E-state index contributed by atoms with van der Waals surface area (Å²) in [5, 5.41) is 0.897. The predicted molar refractivity (Wildman–Crippen MR) is 85.6 cm³/mol. The zero-order valence-corrected chi connectivity index (χ0v) is 13.9. The molecule has 0 bridgehead atoms. The molecule has 18 heavy (non-hydrogen) atoms. The van der Waals surface area contributed by atoms with Crippen LogP contribution in [-0.4, -0.2) is 27.9 Å². The highest BCUT2D eigenvalue weighted by Crippen LogP contribution is 2.27. The smallest absolute Gasteiger partial charge is 0.266 e. The average molecular weight is 426 g/mol. The minimum absolute atomic E-state index is 0.0454. The van der Waals surface area contributed by atoms with E-state index in [9.17, 15) is 4.79 Å². The number of rotatable bonds is 4. The number of anilines is 1. The Morgan fingerprint density at radius 1 is 1.44 bits per heavy atom. The highest BCUT2D eigenvalue weighted by molar-refractivity contribution is 14.1. The van der Waals surface area contributed by atoms with Crippen molar-refractivity contribution in [1.29, 1.82) is 0 Å². The van der Waals surface area contributed by atoms with Crippen LogP contribution in [0.4, 0.5) is 5.82 Å². The van der Waals surface area contributed by atoms with E-state index in [1.807, 2.05) is 0 Å². The number of hydrogen-bond acceptors (Lipinski definition) is 3. The van der Waals surface area contributed by atoms with Crippen molar-refractivity contribution in [2.45, 2.75) is 38.1 Å². The van der Waals surface area contributed by atoms with Crippen molar-refractivity contribution in [3.63, 3.8) is 0 Å². The van der Waals surface area contributed by atoms with Crippen molar-refractivity contribution >= 4 is 44.3 Å². The number of hydrogen-bond donors (Lipinski definition) is 1. The molecule has 0 aliphatic heterocycles. The SMILES string of the molecule is O=c1[nH]cnc(N(CCBr)C2CCCCC2)c1I.